The molecule has 0 radical (unpaired) electrons. The van der Waals surface area contributed by atoms with E-state index < -0.39 is 44.6 Å². The number of amides is 2. The lowest BCUT2D eigenvalue weighted by molar-refractivity contribution is -0.138. The van der Waals surface area contributed by atoms with E-state index in [0.29, 0.717) is 19.3 Å². The van der Waals surface area contributed by atoms with E-state index in [2.05, 4.69) is 0 Å². The molecule has 1 fully saturated rings. The third-order valence-electron chi connectivity index (χ3n) is 4.72. The highest BCUT2D eigenvalue weighted by Crippen LogP contribution is 2.35. The van der Waals surface area contributed by atoms with Crippen LogP contribution in [0.1, 0.15) is 49.0 Å². The molecule has 0 bridgehead atoms. The van der Waals surface area contributed by atoms with Crippen molar-refractivity contribution in [3.8, 4) is 0 Å². The molecule has 0 saturated carbocycles. The summed E-state index contributed by atoms with van der Waals surface area (Å²) in [4.78, 5) is 26.5. The van der Waals surface area contributed by atoms with Gasteiger partial charge in [0.25, 0.3) is 5.91 Å². The van der Waals surface area contributed by atoms with Crippen LogP contribution in [0, 0.1) is 5.41 Å². The molecule has 2 amide bonds. The Morgan fingerprint density at radius 3 is 2.50 bits per heavy atom. The van der Waals surface area contributed by atoms with Crippen LogP contribution in [0.3, 0.4) is 0 Å². The maximum Gasteiger partial charge on any atom is 0.417 e. The minimum absolute atomic E-state index is 0.161. The van der Waals surface area contributed by atoms with Crippen LogP contribution in [0.25, 0.3) is 0 Å². The number of hydrogen-bond acceptors (Lipinski definition) is 4. The molecule has 1 saturated heterocycles. The molecule has 1 heterocycles. The zero-order chi connectivity index (χ0) is 21.2. The number of likely N-dealkylation sites (tertiary alicyclic amines) is 1. The fourth-order valence-corrected chi connectivity index (χ4v) is 4.44. The summed E-state index contributed by atoms with van der Waals surface area (Å²) >= 11 is 0. The summed E-state index contributed by atoms with van der Waals surface area (Å²) in [6, 6.07) is 4.48. The van der Waals surface area contributed by atoms with Crippen molar-refractivity contribution in [1.82, 2.24) is 9.62 Å². The van der Waals surface area contributed by atoms with Crippen LogP contribution >= 0.6 is 0 Å². The standard InChI is InChI=1S/C18H23F3N2O4S/c1-3-11-28(26,27)22-16(25)17(2)9-6-10-23(12-17)15(24)13-7-4-5-8-14(13)18(19,20)21/h4-5,7-8H,3,6,9-12H2,1-2H3,(H,22,25). The molecule has 0 spiro atoms. The highest BCUT2D eigenvalue weighted by atomic mass is 32.2. The molecule has 0 aromatic heterocycles. The van der Waals surface area contributed by atoms with Crippen LogP contribution < -0.4 is 4.72 Å². The van der Waals surface area contributed by atoms with Gasteiger partial charge in [0.1, 0.15) is 0 Å². The summed E-state index contributed by atoms with van der Waals surface area (Å²) in [5.41, 5.74) is -2.73. The van der Waals surface area contributed by atoms with Gasteiger partial charge in [-0.25, -0.2) is 8.42 Å². The Balaban J connectivity index is 2.24. The molecule has 1 atom stereocenters. The second-order valence-electron chi connectivity index (χ2n) is 7.18. The first kappa shape index (κ1) is 22.2. The van der Waals surface area contributed by atoms with Crippen LogP contribution in [0.5, 0.6) is 0 Å². The molecule has 156 valence electrons. The van der Waals surface area contributed by atoms with Crippen LogP contribution in [-0.4, -0.2) is 44.0 Å². The average molecular weight is 420 g/mol. The third kappa shape index (κ3) is 5.03. The first-order valence-electron chi connectivity index (χ1n) is 8.90. The lowest BCUT2D eigenvalue weighted by atomic mass is 9.81. The summed E-state index contributed by atoms with van der Waals surface area (Å²) in [5, 5.41) is 0. The SMILES string of the molecule is CCCS(=O)(=O)NC(=O)C1(C)CCCN(C(=O)c2ccccc2C(F)(F)F)C1. The molecule has 2 rings (SSSR count). The fourth-order valence-electron chi connectivity index (χ4n) is 3.27. The van der Waals surface area contributed by atoms with Crippen LogP contribution in [0.2, 0.25) is 0 Å². The number of benzene rings is 1. The first-order valence-corrected chi connectivity index (χ1v) is 10.6. The third-order valence-corrected chi connectivity index (χ3v) is 6.16. The molecule has 1 aromatic carbocycles. The van der Waals surface area contributed by atoms with Crippen molar-refractivity contribution >= 4 is 21.8 Å². The van der Waals surface area contributed by atoms with Crippen LogP contribution in [-0.2, 0) is 21.0 Å². The first-order chi connectivity index (χ1) is 12.9. The molecular formula is C18H23F3N2O4S. The second-order valence-corrected chi connectivity index (χ2v) is 9.03. The summed E-state index contributed by atoms with van der Waals surface area (Å²) in [6.45, 7) is 3.20. The van der Waals surface area contributed by atoms with E-state index in [9.17, 15) is 31.2 Å². The van der Waals surface area contributed by atoms with Crippen molar-refractivity contribution in [1.29, 1.82) is 0 Å². The number of piperidine rings is 1. The van der Waals surface area contributed by atoms with Gasteiger partial charge >= 0.3 is 6.18 Å². The smallest absolute Gasteiger partial charge is 0.338 e. The predicted octanol–water partition coefficient (Wildman–Crippen LogP) is 2.80. The van der Waals surface area contributed by atoms with E-state index >= 15 is 0 Å². The Labute approximate surface area is 162 Å². The van der Waals surface area contributed by atoms with Crippen molar-refractivity contribution < 1.29 is 31.2 Å². The summed E-state index contributed by atoms with van der Waals surface area (Å²) < 4.78 is 65.4. The molecule has 1 unspecified atom stereocenters. The van der Waals surface area contributed by atoms with E-state index in [4.69, 9.17) is 0 Å². The number of nitrogens with zero attached hydrogens (tertiary/aromatic N) is 1. The van der Waals surface area contributed by atoms with E-state index in [1.54, 1.807) is 6.92 Å². The Bertz CT molecular complexity index is 855. The molecule has 6 nitrogen and oxygen atoms in total. The monoisotopic (exact) mass is 420 g/mol. The highest BCUT2D eigenvalue weighted by molar-refractivity contribution is 7.90. The molecule has 10 heteroatoms. The normalized spacial score (nSPS) is 20.7. The van der Waals surface area contributed by atoms with Gasteiger partial charge in [-0.05, 0) is 38.3 Å². The fraction of sp³-hybridized carbons (Fsp3) is 0.556. The van der Waals surface area contributed by atoms with Crippen molar-refractivity contribution in [2.75, 3.05) is 18.8 Å². The second kappa shape index (κ2) is 8.10. The number of sulfonamides is 1. The average Bonchev–Trinajstić information content (AvgIpc) is 2.60. The van der Waals surface area contributed by atoms with Gasteiger partial charge in [0.15, 0.2) is 0 Å². The Hall–Kier alpha value is -2.10. The van der Waals surface area contributed by atoms with Gasteiger partial charge in [0.2, 0.25) is 15.9 Å². The molecule has 0 aliphatic carbocycles. The maximum atomic E-state index is 13.2. The quantitative estimate of drug-likeness (QED) is 0.794. The predicted molar refractivity (Wildman–Crippen MR) is 96.9 cm³/mol. The molecule has 1 aromatic rings. The number of rotatable bonds is 5. The van der Waals surface area contributed by atoms with E-state index in [1.807, 2.05) is 4.72 Å². The number of carbonyl (C=O) groups excluding carboxylic acids is 2. The largest absolute Gasteiger partial charge is 0.417 e. The maximum absolute atomic E-state index is 13.2. The summed E-state index contributed by atoms with van der Waals surface area (Å²) in [7, 11) is -3.79. The minimum atomic E-state index is -4.68. The van der Waals surface area contributed by atoms with Crippen molar-refractivity contribution in [2.24, 2.45) is 5.41 Å². The highest BCUT2D eigenvalue weighted by Gasteiger charge is 2.42. The summed E-state index contributed by atoms with van der Waals surface area (Å²) in [6.07, 6.45) is -3.65. The van der Waals surface area contributed by atoms with Gasteiger partial charge in [0, 0.05) is 13.1 Å². The minimum Gasteiger partial charge on any atom is -0.338 e. The van der Waals surface area contributed by atoms with Gasteiger partial charge in [-0.15, -0.1) is 0 Å². The van der Waals surface area contributed by atoms with E-state index in [1.165, 1.54) is 24.0 Å². The number of hydrogen-bond donors (Lipinski definition) is 1. The zero-order valence-electron chi connectivity index (χ0n) is 15.7. The number of nitrogens with one attached hydrogen (secondary N) is 1. The van der Waals surface area contributed by atoms with Crippen LogP contribution in [0.4, 0.5) is 13.2 Å². The van der Waals surface area contributed by atoms with Gasteiger partial charge in [0.05, 0.1) is 22.3 Å². The van der Waals surface area contributed by atoms with Gasteiger partial charge in [-0.1, -0.05) is 19.1 Å². The summed E-state index contributed by atoms with van der Waals surface area (Å²) in [5.74, 6) is -1.79. The molecule has 1 N–H and O–H groups in total. The topological polar surface area (TPSA) is 83.6 Å². The lowest BCUT2D eigenvalue weighted by Gasteiger charge is -2.39. The van der Waals surface area contributed by atoms with Crippen LogP contribution in [0.15, 0.2) is 24.3 Å². The Kier molecular flexibility index (Phi) is 6.42. The van der Waals surface area contributed by atoms with Crippen molar-refractivity contribution in [2.45, 2.75) is 39.3 Å². The van der Waals surface area contributed by atoms with Gasteiger partial charge < -0.3 is 4.90 Å². The molecular weight excluding hydrogens is 397 g/mol. The number of halogens is 3. The van der Waals surface area contributed by atoms with E-state index in [0.717, 1.165) is 12.1 Å². The van der Waals surface area contributed by atoms with Crippen molar-refractivity contribution in [3.05, 3.63) is 35.4 Å². The molecule has 28 heavy (non-hydrogen) atoms. The van der Waals surface area contributed by atoms with E-state index in [-0.39, 0.29) is 18.8 Å². The number of alkyl halides is 3. The zero-order valence-corrected chi connectivity index (χ0v) is 16.5. The lowest BCUT2D eigenvalue weighted by Crippen LogP contribution is -2.53. The van der Waals surface area contributed by atoms with Crippen molar-refractivity contribution in [3.63, 3.8) is 0 Å². The molecule has 1 aliphatic heterocycles. The molecule has 1 aliphatic rings. The number of carbonyl (C=O) groups is 2. The van der Waals surface area contributed by atoms with Gasteiger partial charge in [-0.2, -0.15) is 13.2 Å². The van der Waals surface area contributed by atoms with Gasteiger partial charge in [-0.3, -0.25) is 14.3 Å². The Morgan fingerprint density at radius 1 is 1.25 bits per heavy atom. The Morgan fingerprint density at radius 2 is 1.89 bits per heavy atom.